The molecule has 0 aliphatic carbocycles. The van der Waals surface area contributed by atoms with E-state index in [9.17, 15) is 9.59 Å². The maximum absolute atomic E-state index is 11.7. The molecule has 20 heavy (non-hydrogen) atoms. The highest BCUT2D eigenvalue weighted by Crippen LogP contribution is 2.23. The summed E-state index contributed by atoms with van der Waals surface area (Å²) in [6.07, 6.45) is 0.464. The monoisotopic (exact) mass is 300 g/mol. The average molecular weight is 301 g/mol. The molecule has 0 bridgehead atoms. The number of halogens is 1. The first kappa shape index (κ1) is 16.2. The van der Waals surface area contributed by atoms with Crippen LogP contribution in [0.4, 0.5) is 4.79 Å². The van der Waals surface area contributed by atoms with Gasteiger partial charge in [0.25, 0.3) is 0 Å². The van der Waals surface area contributed by atoms with E-state index in [0.29, 0.717) is 5.56 Å². The van der Waals surface area contributed by atoms with Gasteiger partial charge in [-0.25, -0.2) is 9.78 Å². The third kappa shape index (κ3) is 5.44. The van der Waals surface area contributed by atoms with E-state index in [1.807, 2.05) is 0 Å². The number of carboxylic acids is 1. The van der Waals surface area contributed by atoms with Crippen molar-refractivity contribution in [2.75, 3.05) is 0 Å². The van der Waals surface area contributed by atoms with Gasteiger partial charge in [0.15, 0.2) is 0 Å². The molecular formula is C13H17ClN2O4. The normalized spacial score (nSPS) is 12.6. The minimum absolute atomic E-state index is 0.148. The molecule has 0 unspecified atom stereocenters. The SMILES string of the molecule is CC(C)(C)OC(=O)N[C@H](CC(=O)O)c1cccnc1Cl. The summed E-state index contributed by atoms with van der Waals surface area (Å²) >= 11 is 5.92. The number of amides is 1. The Labute approximate surface area is 122 Å². The molecule has 1 atom stereocenters. The van der Waals surface area contributed by atoms with Crippen molar-refractivity contribution in [3.8, 4) is 0 Å². The van der Waals surface area contributed by atoms with Gasteiger partial charge in [-0.05, 0) is 26.8 Å². The highest BCUT2D eigenvalue weighted by molar-refractivity contribution is 6.30. The quantitative estimate of drug-likeness (QED) is 0.835. The van der Waals surface area contributed by atoms with Gasteiger partial charge in [-0.2, -0.15) is 0 Å². The number of aromatic nitrogens is 1. The first-order chi connectivity index (χ1) is 9.19. The van der Waals surface area contributed by atoms with Crippen molar-refractivity contribution in [3.05, 3.63) is 29.0 Å². The summed E-state index contributed by atoms with van der Waals surface area (Å²) in [5.74, 6) is -1.06. The minimum Gasteiger partial charge on any atom is -0.481 e. The summed E-state index contributed by atoms with van der Waals surface area (Å²) < 4.78 is 5.10. The topological polar surface area (TPSA) is 88.5 Å². The Morgan fingerprint density at radius 3 is 2.65 bits per heavy atom. The summed E-state index contributed by atoms with van der Waals surface area (Å²) in [6.45, 7) is 5.15. The number of hydrogen-bond donors (Lipinski definition) is 2. The van der Waals surface area contributed by atoms with Gasteiger partial charge in [0.1, 0.15) is 10.8 Å². The van der Waals surface area contributed by atoms with E-state index in [1.54, 1.807) is 32.9 Å². The second-order valence-corrected chi connectivity index (χ2v) is 5.54. The number of carbonyl (C=O) groups is 2. The van der Waals surface area contributed by atoms with Gasteiger partial charge in [-0.1, -0.05) is 17.7 Å². The van der Waals surface area contributed by atoms with Gasteiger partial charge < -0.3 is 15.2 Å². The Morgan fingerprint density at radius 2 is 2.15 bits per heavy atom. The lowest BCUT2D eigenvalue weighted by molar-refractivity contribution is -0.137. The zero-order valence-corrected chi connectivity index (χ0v) is 12.3. The van der Waals surface area contributed by atoms with Crippen LogP contribution in [0.2, 0.25) is 5.15 Å². The zero-order valence-electron chi connectivity index (χ0n) is 11.5. The van der Waals surface area contributed by atoms with Crippen LogP contribution in [-0.2, 0) is 9.53 Å². The van der Waals surface area contributed by atoms with Crippen LogP contribution >= 0.6 is 11.6 Å². The molecule has 1 aromatic heterocycles. The molecule has 1 aromatic rings. The predicted molar refractivity (Wildman–Crippen MR) is 73.6 cm³/mol. The fourth-order valence-corrected chi connectivity index (χ4v) is 1.77. The second kappa shape index (κ2) is 6.56. The number of nitrogens with zero attached hydrogens (tertiary/aromatic N) is 1. The Balaban J connectivity index is 2.88. The average Bonchev–Trinajstić information content (AvgIpc) is 2.25. The lowest BCUT2D eigenvalue weighted by Gasteiger charge is -2.23. The fourth-order valence-electron chi connectivity index (χ4n) is 1.52. The summed E-state index contributed by atoms with van der Waals surface area (Å²) in [5, 5.41) is 11.6. The Kier molecular flexibility index (Phi) is 5.33. The summed E-state index contributed by atoms with van der Waals surface area (Å²) in [4.78, 5) is 26.5. The number of hydrogen-bond acceptors (Lipinski definition) is 4. The number of carbonyl (C=O) groups excluding carboxylic acids is 1. The predicted octanol–water partition coefficient (Wildman–Crippen LogP) is 2.78. The van der Waals surface area contributed by atoms with Crippen molar-refractivity contribution >= 4 is 23.7 Å². The van der Waals surface area contributed by atoms with Gasteiger partial charge in [0.05, 0.1) is 12.5 Å². The van der Waals surface area contributed by atoms with Crippen molar-refractivity contribution in [1.82, 2.24) is 10.3 Å². The molecule has 1 amide bonds. The summed E-state index contributed by atoms with van der Waals surface area (Å²) in [5.41, 5.74) is -0.237. The molecule has 0 fully saturated rings. The van der Waals surface area contributed by atoms with Gasteiger partial charge >= 0.3 is 12.1 Å². The highest BCUT2D eigenvalue weighted by atomic mass is 35.5. The van der Waals surface area contributed by atoms with Crippen LogP contribution in [0, 0.1) is 0 Å². The Bertz CT molecular complexity index is 499. The minimum atomic E-state index is -1.06. The molecule has 0 saturated heterocycles. The first-order valence-corrected chi connectivity index (χ1v) is 6.38. The van der Waals surface area contributed by atoms with E-state index in [1.165, 1.54) is 6.20 Å². The number of carboxylic acid groups (broad SMARTS) is 1. The second-order valence-electron chi connectivity index (χ2n) is 5.18. The molecule has 2 N–H and O–H groups in total. The fraction of sp³-hybridized carbons (Fsp3) is 0.462. The molecule has 0 aromatic carbocycles. The molecule has 6 nitrogen and oxygen atoms in total. The number of ether oxygens (including phenoxy) is 1. The number of pyridine rings is 1. The molecule has 7 heteroatoms. The number of nitrogens with one attached hydrogen (secondary N) is 1. The zero-order chi connectivity index (χ0) is 15.3. The largest absolute Gasteiger partial charge is 0.481 e. The highest BCUT2D eigenvalue weighted by Gasteiger charge is 2.24. The maximum atomic E-state index is 11.7. The van der Waals surface area contributed by atoms with Crippen molar-refractivity contribution in [2.24, 2.45) is 0 Å². The lowest BCUT2D eigenvalue weighted by atomic mass is 10.1. The number of alkyl carbamates (subject to hydrolysis) is 1. The van der Waals surface area contributed by atoms with Gasteiger partial charge in [0, 0.05) is 11.8 Å². The van der Waals surface area contributed by atoms with Crippen molar-refractivity contribution < 1.29 is 19.4 Å². The van der Waals surface area contributed by atoms with Crippen LogP contribution in [0.25, 0.3) is 0 Å². The van der Waals surface area contributed by atoms with Crippen molar-refractivity contribution in [3.63, 3.8) is 0 Å². The van der Waals surface area contributed by atoms with Crippen molar-refractivity contribution in [2.45, 2.75) is 38.8 Å². The molecule has 0 radical (unpaired) electrons. The molecule has 0 aliphatic heterocycles. The third-order valence-electron chi connectivity index (χ3n) is 2.23. The van der Waals surface area contributed by atoms with Crippen LogP contribution < -0.4 is 5.32 Å². The molecule has 0 saturated carbocycles. The van der Waals surface area contributed by atoms with Crippen LogP contribution in [-0.4, -0.2) is 27.8 Å². The number of rotatable bonds is 4. The maximum Gasteiger partial charge on any atom is 0.408 e. The summed E-state index contributed by atoms with van der Waals surface area (Å²) in [6, 6.07) is 2.43. The molecule has 1 heterocycles. The smallest absolute Gasteiger partial charge is 0.408 e. The first-order valence-electron chi connectivity index (χ1n) is 6.01. The molecular weight excluding hydrogens is 284 g/mol. The van der Waals surface area contributed by atoms with E-state index in [0.717, 1.165) is 0 Å². The van der Waals surface area contributed by atoms with Gasteiger partial charge in [-0.15, -0.1) is 0 Å². The molecule has 110 valence electrons. The van der Waals surface area contributed by atoms with Crippen LogP contribution in [0.1, 0.15) is 38.8 Å². The molecule has 0 spiro atoms. The van der Waals surface area contributed by atoms with E-state index in [-0.39, 0.29) is 11.6 Å². The van der Waals surface area contributed by atoms with Gasteiger partial charge in [0.2, 0.25) is 0 Å². The van der Waals surface area contributed by atoms with Crippen LogP contribution in [0.15, 0.2) is 18.3 Å². The molecule has 1 rings (SSSR count). The van der Waals surface area contributed by atoms with E-state index in [2.05, 4.69) is 10.3 Å². The van der Waals surface area contributed by atoms with E-state index < -0.39 is 23.7 Å². The van der Waals surface area contributed by atoms with E-state index >= 15 is 0 Å². The van der Waals surface area contributed by atoms with Gasteiger partial charge in [-0.3, -0.25) is 4.79 Å². The molecule has 0 aliphatic rings. The van der Waals surface area contributed by atoms with E-state index in [4.69, 9.17) is 21.4 Å². The Morgan fingerprint density at radius 1 is 1.50 bits per heavy atom. The van der Waals surface area contributed by atoms with Crippen molar-refractivity contribution in [1.29, 1.82) is 0 Å². The van der Waals surface area contributed by atoms with Crippen LogP contribution in [0.5, 0.6) is 0 Å². The standard InChI is InChI=1S/C13H17ClN2O4/c1-13(2,3)20-12(19)16-9(7-10(17)18)8-5-4-6-15-11(8)14/h4-6,9H,7H2,1-3H3,(H,16,19)(H,17,18)/t9-/m1/s1. The summed E-state index contributed by atoms with van der Waals surface area (Å²) in [7, 11) is 0. The third-order valence-corrected chi connectivity index (χ3v) is 2.55. The number of aliphatic carboxylic acids is 1. The lowest BCUT2D eigenvalue weighted by Crippen LogP contribution is -2.36. The Hall–Kier alpha value is -1.82. The van der Waals surface area contributed by atoms with Crippen LogP contribution in [0.3, 0.4) is 0 Å².